The zero-order valence-corrected chi connectivity index (χ0v) is 19.2. The van der Waals surface area contributed by atoms with E-state index in [-0.39, 0.29) is 27.6 Å². The number of methoxy groups -OCH3 is 2. The summed E-state index contributed by atoms with van der Waals surface area (Å²) < 4.78 is 40.0. The van der Waals surface area contributed by atoms with E-state index in [1.54, 1.807) is 24.3 Å². The summed E-state index contributed by atoms with van der Waals surface area (Å²) in [5, 5.41) is 6.67. The maximum Gasteiger partial charge on any atom is 0.276 e. The Bertz CT molecular complexity index is 1300. The molecule has 33 heavy (non-hydrogen) atoms. The maximum atomic E-state index is 13.0. The van der Waals surface area contributed by atoms with Crippen LogP contribution in [0.25, 0.3) is 0 Å². The third-order valence-corrected chi connectivity index (χ3v) is 5.99. The standard InChI is InChI=1S/C22H24N4O6S/c1-4-13-26-21(27)12-10-18(24-26)22(28)23-16-7-11-19(32-3)20(14-16)33(29,30)25-15-5-8-17(31-2)9-6-15/h5-12,14,25H,4,13H2,1-3H3,(H,23,28). The second kappa shape index (κ2) is 10.2. The van der Waals surface area contributed by atoms with Crippen molar-refractivity contribution in [2.45, 2.75) is 24.8 Å². The van der Waals surface area contributed by atoms with E-state index in [0.717, 1.165) is 0 Å². The van der Waals surface area contributed by atoms with E-state index in [0.29, 0.717) is 24.4 Å². The van der Waals surface area contributed by atoms with Crippen LogP contribution in [0, 0.1) is 0 Å². The highest BCUT2D eigenvalue weighted by Crippen LogP contribution is 2.29. The van der Waals surface area contributed by atoms with Crippen molar-refractivity contribution in [2.24, 2.45) is 0 Å². The molecule has 0 aliphatic rings. The molecule has 0 bridgehead atoms. The Morgan fingerprint density at radius 2 is 1.70 bits per heavy atom. The number of hydrogen-bond acceptors (Lipinski definition) is 7. The van der Waals surface area contributed by atoms with Crippen LogP contribution in [0.15, 0.2) is 64.3 Å². The van der Waals surface area contributed by atoms with Gasteiger partial charge in [-0.2, -0.15) is 5.10 Å². The molecule has 2 N–H and O–H groups in total. The smallest absolute Gasteiger partial charge is 0.276 e. The minimum atomic E-state index is -4.05. The molecule has 3 rings (SSSR count). The lowest BCUT2D eigenvalue weighted by molar-refractivity contribution is 0.101. The molecule has 0 radical (unpaired) electrons. The molecule has 0 aliphatic heterocycles. The van der Waals surface area contributed by atoms with Gasteiger partial charge in [-0.3, -0.25) is 14.3 Å². The van der Waals surface area contributed by atoms with Crippen molar-refractivity contribution in [1.82, 2.24) is 9.78 Å². The normalized spacial score (nSPS) is 11.0. The number of hydrogen-bond donors (Lipinski definition) is 2. The SMILES string of the molecule is CCCn1nc(C(=O)Nc2ccc(OC)c(S(=O)(=O)Nc3ccc(OC)cc3)c2)ccc1=O. The predicted octanol–water partition coefficient (Wildman–Crippen LogP) is 2.72. The highest BCUT2D eigenvalue weighted by molar-refractivity contribution is 7.92. The fourth-order valence-electron chi connectivity index (χ4n) is 2.97. The monoisotopic (exact) mass is 472 g/mol. The van der Waals surface area contributed by atoms with Gasteiger partial charge in [0.1, 0.15) is 22.1 Å². The lowest BCUT2D eigenvalue weighted by atomic mass is 10.3. The van der Waals surface area contributed by atoms with Crippen molar-refractivity contribution in [1.29, 1.82) is 0 Å². The fraction of sp³-hybridized carbons (Fsp3) is 0.227. The summed E-state index contributed by atoms with van der Waals surface area (Å²) in [6.07, 6.45) is 0.679. The number of anilines is 2. The largest absolute Gasteiger partial charge is 0.497 e. The van der Waals surface area contributed by atoms with Crippen LogP contribution >= 0.6 is 0 Å². The van der Waals surface area contributed by atoms with Crippen LogP contribution < -0.4 is 25.1 Å². The number of carbonyl (C=O) groups excluding carboxylic acids is 1. The molecule has 0 saturated heterocycles. The minimum Gasteiger partial charge on any atom is -0.497 e. The third-order valence-electron chi connectivity index (χ3n) is 4.59. The van der Waals surface area contributed by atoms with Crippen LogP contribution in [0.1, 0.15) is 23.8 Å². The first-order chi connectivity index (χ1) is 15.8. The third kappa shape index (κ3) is 5.69. The number of ether oxygens (including phenoxy) is 2. The number of nitrogens with one attached hydrogen (secondary N) is 2. The van der Waals surface area contributed by atoms with Crippen LogP contribution in [0.2, 0.25) is 0 Å². The Morgan fingerprint density at radius 1 is 1.00 bits per heavy atom. The molecule has 0 unspecified atom stereocenters. The van der Waals surface area contributed by atoms with Gasteiger partial charge in [-0.05, 0) is 55.0 Å². The summed E-state index contributed by atoms with van der Waals surface area (Å²) in [6, 6.07) is 13.2. The summed E-state index contributed by atoms with van der Waals surface area (Å²) in [6.45, 7) is 2.27. The Morgan fingerprint density at radius 3 is 2.33 bits per heavy atom. The molecule has 1 aromatic heterocycles. The summed E-state index contributed by atoms with van der Waals surface area (Å²) in [7, 11) is -1.19. The van der Waals surface area contributed by atoms with Gasteiger partial charge in [0.2, 0.25) is 0 Å². The number of nitrogens with zero attached hydrogens (tertiary/aromatic N) is 2. The van der Waals surface area contributed by atoms with Gasteiger partial charge in [0.15, 0.2) is 0 Å². The highest BCUT2D eigenvalue weighted by Gasteiger charge is 2.21. The van der Waals surface area contributed by atoms with Crippen molar-refractivity contribution >= 4 is 27.3 Å². The minimum absolute atomic E-state index is 0.0274. The Hall–Kier alpha value is -3.86. The van der Waals surface area contributed by atoms with E-state index >= 15 is 0 Å². The lowest BCUT2D eigenvalue weighted by Crippen LogP contribution is -2.26. The van der Waals surface area contributed by atoms with Crippen LogP contribution in [-0.2, 0) is 16.6 Å². The molecule has 0 saturated carbocycles. The quantitative estimate of drug-likeness (QED) is 0.490. The second-order valence-corrected chi connectivity index (χ2v) is 8.58. The summed E-state index contributed by atoms with van der Waals surface area (Å²) in [5.74, 6) is 0.0965. The van der Waals surface area contributed by atoms with Gasteiger partial charge in [-0.25, -0.2) is 13.1 Å². The average Bonchev–Trinajstić information content (AvgIpc) is 2.81. The molecule has 1 heterocycles. The van der Waals surface area contributed by atoms with E-state index in [4.69, 9.17) is 9.47 Å². The number of carbonyl (C=O) groups is 1. The molecule has 0 fully saturated rings. The van der Waals surface area contributed by atoms with Gasteiger partial charge in [0.05, 0.1) is 14.2 Å². The summed E-state index contributed by atoms with van der Waals surface area (Å²) >= 11 is 0. The molecule has 11 heteroatoms. The van der Waals surface area contributed by atoms with Gasteiger partial charge in [0.25, 0.3) is 21.5 Å². The van der Waals surface area contributed by atoms with E-state index in [1.807, 2.05) is 6.92 Å². The van der Waals surface area contributed by atoms with Gasteiger partial charge < -0.3 is 14.8 Å². The van der Waals surface area contributed by atoms with Gasteiger partial charge in [-0.15, -0.1) is 0 Å². The van der Waals surface area contributed by atoms with E-state index in [1.165, 1.54) is 49.2 Å². The van der Waals surface area contributed by atoms with Crippen molar-refractivity contribution in [3.8, 4) is 11.5 Å². The number of sulfonamides is 1. The zero-order valence-electron chi connectivity index (χ0n) is 18.4. The molecule has 0 spiro atoms. The van der Waals surface area contributed by atoms with Crippen molar-refractivity contribution in [3.05, 3.63) is 70.6 Å². The Balaban J connectivity index is 1.87. The fourth-order valence-corrected chi connectivity index (χ4v) is 4.23. The van der Waals surface area contributed by atoms with Crippen LogP contribution in [-0.4, -0.2) is 38.3 Å². The molecule has 10 nitrogen and oxygen atoms in total. The first-order valence-corrected chi connectivity index (χ1v) is 11.5. The second-order valence-electron chi connectivity index (χ2n) is 6.93. The van der Waals surface area contributed by atoms with E-state index in [9.17, 15) is 18.0 Å². The van der Waals surface area contributed by atoms with E-state index in [2.05, 4.69) is 15.1 Å². The number of benzene rings is 2. The van der Waals surface area contributed by atoms with Crippen molar-refractivity contribution < 1.29 is 22.7 Å². The molecular weight excluding hydrogens is 448 g/mol. The van der Waals surface area contributed by atoms with Crippen LogP contribution in [0.4, 0.5) is 11.4 Å². The maximum absolute atomic E-state index is 13.0. The van der Waals surface area contributed by atoms with Crippen molar-refractivity contribution in [2.75, 3.05) is 24.3 Å². The summed E-state index contributed by atoms with van der Waals surface area (Å²) in [5.41, 5.74) is 0.260. The van der Waals surface area contributed by atoms with Crippen LogP contribution in [0.3, 0.4) is 0 Å². The molecule has 174 valence electrons. The predicted molar refractivity (Wildman–Crippen MR) is 124 cm³/mol. The molecule has 0 atom stereocenters. The topological polar surface area (TPSA) is 129 Å². The van der Waals surface area contributed by atoms with E-state index < -0.39 is 15.9 Å². The first-order valence-electron chi connectivity index (χ1n) is 10.0. The molecular formula is C22H24N4O6S. The Labute approximate surface area is 191 Å². The van der Waals surface area contributed by atoms with Crippen molar-refractivity contribution in [3.63, 3.8) is 0 Å². The van der Waals surface area contributed by atoms with Gasteiger partial charge >= 0.3 is 0 Å². The number of amides is 1. The first kappa shape index (κ1) is 23.8. The summed E-state index contributed by atoms with van der Waals surface area (Å²) in [4.78, 5) is 24.3. The number of rotatable bonds is 9. The molecule has 0 aliphatic carbocycles. The van der Waals surface area contributed by atoms with Crippen LogP contribution in [0.5, 0.6) is 11.5 Å². The van der Waals surface area contributed by atoms with Gasteiger partial charge in [0, 0.05) is 24.0 Å². The molecule has 3 aromatic rings. The average molecular weight is 473 g/mol. The number of aromatic nitrogens is 2. The number of aryl methyl sites for hydroxylation is 1. The zero-order chi connectivity index (χ0) is 24.0. The van der Waals surface area contributed by atoms with Gasteiger partial charge in [-0.1, -0.05) is 6.92 Å². The molecule has 1 amide bonds. The molecule has 2 aromatic carbocycles. The Kier molecular flexibility index (Phi) is 7.34. The highest BCUT2D eigenvalue weighted by atomic mass is 32.2. The lowest BCUT2D eigenvalue weighted by Gasteiger charge is -2.14.